The number of aliphatic carboxylic acids is 1. The van der Waals surface area contributed by atoms with Crippen molar-refractivity contribution in [2.24, 2.45) is 5.92 Å². The van der Waals surface area contributed by atoms with Crippen LogP contribution >= 0.6 is 0 Å². The van der Waals surface area contributed by atoms with E-state index >= 15 is 0 Å². The van der Waals surface area contributed by atoms with Gasteiger partial charge in [-0.2, -0.15) is 13.2 Å². The van der Waals surface area contributed by atoms with Crippen LogP contribution in [-0.2, 0) is 9.59 Å². The van der Waals surface area contributed by atoms with Gasteiger partial charge in [-0.15, -0.1) is 0 Å². The van der Waals surface area contributed by atoms with Crippen LogP contribution in [0.4, 0.5) is 13.2 Å². The van der Waals surface area contributed by atoms with Crippen LogP contribution < -0.4 is 0 Å². The van der Waals surface area contributed by atoms with Gasteiger partial charge in [-0.3, -0.25) is 4.79 Å². The molecule has 1 N–H and O–H groups in total. The molecule has 1 aliphatic rings. The summed E-state index contributed by atoms with van der Waals surface area (Å²) < 4.78 is 37.3. The normalized spacial score (nSPS) is 21.8. The maximum Gasteiger partial charge on any atom is 0.393 e. The summed E-state index contributed by atoms with van der Waals surface area (Å²) in [6, 6.07) is 0. The molecule has 1 amide bonds. The molecule has 1 atom stereocenters. The van der Waals surface area contributed by atoms with Crippen molar-refractivity contribution in [3.8, 4) is 0 Å². The molecule has 17 heavy (non-hydrogen) atoms. The van der Waals surface area contributed by atoms with Crippen LogP contribution in [0.2, 0.25) is 0 Å². The van der Waals surface area contributed by atoms with Crippen LogP contribution in [0.1, 0.15) is 12.8 Å². The van der Waals surface area contributed by atoms with Crippen LogP contribution in [0.5, 0.6) is 0 Å². The summed E-state index contributed by atoms with van der Waals surface area (Å²) in [4.78, 5) is 22.6. The molecule has 0 bridgehead atoms. The van der Waals surface area contributed by atoms with Gasteiger partial charge in [-0.25, -0.2) is 4.79 Å². The fourth-order valence-electron chi connectivity index (χ4n) is 1.69. The average Bonchev–Trinajstić information content (AvgIpc) is 2.25. The molecule has 0 spiro atoms. The molecule has 96 valence electrons. The molecule has 1 saturated heterocycles. The van der Waals surface area contributed by atoms with E-state index in [0.29, 0.717) is 6.08 Å². The van der Waals surface area contributed by atoms with Crippen LogP contribution in [-0.4, -0.2) is 41.1 Å². The van der Waals surface area contributed by atoms with Gasteiger partial charge >= 0.3 is 12.1 Å². The summed E-state index contributed by atoms with van der Waals surface area (Å²) >= 11 is 0. The lowest BCUT2D eigenvalue weighted by atomic mass is 9.97. The second-order valence-electron chi connectivity index (χ2n) is 3.84. The number of carbonyl (C=O) groups excluding carboxylic acids is 1. The van der Waals surface area contributed by atoms with Gasteiger partial charge in [-0.1, -0.05) is 0 Å². The van der Waals surface area contributed by atoms with E-state index in [-0.39, 0.29) is 19.4 Å². The number of halogens is 3. The summed E-state index contributed by atoms with van der Waals surface area (Å²) in [5.74, 6) is -3.51. The van der Waals surface area contributed by atoms with Gasteiger partial charge in [0.15, 0.2) is 0 Å². The molecule has 0 aromatic rings. The minimum absolute atomic E-state index is 0.00985. The van der Waals surface area contributed by atoms with E-state index in [1.54, 1.807) is 0 Å². The summed E-state index contributed by atoms with van der Waals surface area (Å²) in [5.41, 5.74) is 0. The molecule has 1 heterocycles. The van der Waals surface area contributed by atoms with E-state index in [4.69, 9.17) is 5.11 Å². The minimum atomic E-state index is -4.31. The highest BCUT2D eigenvalue weighted by Crippen LogP contribution is 2.33. The number of nitrogens with zero attached hydrogens (tertiary/aromatic N) is 1. The lowest BCUT2D eigenvalue weighted by Crippen LogP contribution is -2.44. The van der Waals surface area contributed by atoms with Crippen molar-refractivity contribution in [3.63, 3.8) is 0 Å². The molecule has 0 saturated carbocycles. The number of alkyl halides is 3. The largest absolute Gasteiger partial charge is 0.478 e. The molecule has 1 fully saturated rings. The Balaban J connectivity index is 2.61. The summed E-state index contributed by atoms with van der Waals surface area (Å²) in [7, 11) is 0. The van der Waals surface area contributed by atoms with Crippen molar-refractivity contribution in [1.82, 2.24) is 4.90 Å². The third-order valence-corrected chi connectivity index (χ3v) is 2.56. The zero-order valence-electron chi connectivity index (χ0n) is 8.91. The second kappa shape index (κ2) is 5.20. The zero-order valence-corrected chi connectivity index (χ0v) is 8.91. The lowest BCUT2D eigenvalue weighted by Gasteiger charge is -2.33. The molecular weight excluding hydrogens is 239 g/mol. The zero-order chi connectivity index (χ0) is 13.1. The number of hydrogen-bond donors (Lipinski definition) is 1. The molecule has 4 nitrogen and oxygen atoms in total. The van der Waals surface area contributed by atoms with Crippen LogP contribution in [0.25, 0.3) is 0 Å². The van der Waals surface area contributed by atoms with Crippen LogP contribution in [0, 0.1) is 5.92 Å². The maximum atomic E-state index is 12.4. The van der Waals surface area contributed by atoms with Gasteiger partial charge in [0.1, 0.15) is 0 Å². The molecular formula is C10H12F3NO3. The monoisotopic (exact) mass is 251 g/mol. The number of carboxylic acids is 1. The molecule has 1 aliphatic heterocycles. The predicted molar refractivity (Wildman–Crippen MR) is 52.1 cm³/mol. The van der Waals surface area contributed by atoms with E-state index in [1.165, 1.54) is 0 Å². The number of rotatable bonds is 2. The third-order valence-electron chi connectivity index (χ3n) is 2.56. The average molecular weight is 251 g/mol. The minimum Gasteiger partial charge on any atom is -0.478 e. The van der Waals surface area contributed by atoms with Gasteiger partial charge < -0.3 is 10.0 Å². The SMILES string of the molecule is O=C(O)/C=C/C(=O)N1CCCC(C(F)(F)F)C1. The van der Waals surface area contributed by atoms with Gasteiger partial charge in [0.2, 0.25) is 5.91 Å². The first-order chi connectivity index (χ1) is 7.80. The smallest absolute Gasteiger partial charge is 0.393 e. The van der Waals surface area contributed by atoms with Crippen molar-refractivity contribution in [2.75, 3.05) is 13.1 Å². The molecule has 0 aromatic carbocycles. The van der Waals surface area contributed by atoms with Crippen molar-refractivity contribution >= 4 is 11.9 Å². The topological polar surface area (TPSA) is 57.6 Å². The Labute approximate surface area is 95.7 Å². The van der Waals surface area contributed by atoms with Crippen molar-refractivity contribution in [1.29, 1.82) is 0 Å². The van der Waals surface area contributed by atoms with E-state index < -0.39 is 30.5 Å². The van der Waals surface area contributed by atoms with E-state index in [1.807, 2.05) is 0 Å². The highest BCUT2D eigenvalue weighted by Gasteiger charge is 2.42. The number of carboxylic acid groups (broad SMARTS) is 1. The Morgan fingerprint density at radius 2 is 1.94 bits per heavy atom. The lowest BCUT2D eigenvalue weighted by molar-refractivity contribution is -0.187. The molecule has 0 radical (unpaired) electrons. The predicted octanol–water partition coefficient (Wildman–Crippen LogP) is 1.43. The highest BCUT2D eigenvalue weighted by molar-refractivity contribution is 5.93. The van der Waals surface area contributed by atoms with Gasteiger partial charge in [0, 0.05) is 25.2 Å². The first-order valence-corrected chi connectivity index (χ1v) is 5.07. The molecule has 1 rings (SSSR count). The van der Waals surface area contributed by atoms with Gasteiger partial charge in [0.05, 0.1) is 5.92 Å². The van der Waals surface area contributed by atoms with Crippen molar-refractivity contribution in [2.45, 2.75) is 19.0 Å². The number of likely N-dealkylation sites (tertiary alicyclic amines) is 1. The molecule has 1 unspecified atom stereocenters. The summed E-state index contributed by atoms with van der Waals surface area (Å²) in [6.45, 7) is -0.165. The van der Waals surface area contributed by atoms with Crippen molar-refractivity contribution < 1.29 is 27.9 Å². The molecule has 0 aliphatic carbocycles. The van der Waals surface area contributed by atoms with E-state index in [9.17, 15) is 22.8 Å². The Bertz CT molecular complexity index is 338. The number of amides is 1. The maximum absolute atomic E-state index is 12.4. The number of hydrogen-bond acceptors (Lipinski definition) is 2. The van der Waals surface area contributed by atoms with Gasteiger partial charge in [0.25, 0.3) is 0 Å². The van der Waals surface area contributed by atoms with E-state index in [0.717, 1.165) is 11.0 Å². The van der Waals surface area contributed by atoms with Gasteiger partial charge in [-0.05, 0) is 12.8 Å². The van der Waals surface area contributed by atoms with Crippen LogP contribution in [0.3, 0.4) is 0 Å². The first-order valence-electron chi connectivity index (χ1n) is 5.07. The number of carbonyl (C=O) groups is 2. The fourth-order valence-corrected chi connectivity index (χ4v) is 1.69. The standard InChI is InChI=1S/C10H12F3NO3/c11-10(12,13)7-2-1-5-14(6-7)8(15)3-4-9(16)17/h3-4,7H,1-2,5-6H2,(H,16,17)/b4-3+. The quantitative estimate of drug-likeness (QED) is 0.755. The Hall–Kier alpha value is -1.53. The second-order valence-corrected chi connectivity index (χ2v) is 3.84. The van der Waals surface area contributed by atoms with E-state index in [2.05, 4.69) is 0 Å². The molecule has 7 heteroatoms. The fraction of sp³-hybridized carbons (Fsp3) is 0.600. The van der Waals surface area contributed by atoms with Crippen LogP contribution in [0.15, 0.2) is 12.2 Å². The summed E-state index contributed by atoms with van der Waals surface area (Å²) in [6.07, 6.45) is -2.62. The Kier molecular flexibility index (Phi) is 4.14. The Morgan fingerprint density at radius 3 is 2.47 bits per heavy atom. The molecule has 0 aromatic heterocycles. The third kappa shape index (κ3) is 4.08. The number of piperidine rings is 1. The van der Waals surface area contributed by atoms with Crippen molar-refractivity contribution in [3.05, 3.63) is 12.2 Å². The highest BCUT2D eigenvalue weighted by atomic mass is 19.4. The first kappa shape index (κ1) is 13.5. The summed E-state index contributed by atoms with van der Waals surface area (Å²) in [5, 5.41) is 8.30. The Morgan fingerprint density at radius 1 is 1.29 bits per heavy atom.